The number of halogens is 2. The van der Waals surface area contributed by atoms with E-state index >= 15 is 4.39 Å². The molecule has 0 N–H and O–H groups in total. The third-order valence-corrected chi connectivity index (χ3v) is 9.58. The van der Waals surface area contributed by atoms with Crippen LogP contribution in [0.1, 0.15) is 46.5 Å². The van der Waals surface area contributed by atoms with Crippen molar-refractivity contribution >= 4 is 38.7 Å². The lowest BCUT2D eigenvalue weighted by molar-refractivity contribution is 0.00545. The minimum Gasteiger partial charge on any atom is -0.490 e. The highest BCUT2D eigenvalue weighted by molar-refractivity contribution is 9.10. The van der Waals surface area contributed by atoms with Gasteiger partial charge in [-0.3, -0.25) is 9.80 Å². The van der Waals surface area contributed by atoms with Gasteiger partial charge in [0.25, 0.3) is 0 Å². The Balaban J connectivity index is 1.20. The van der Waals surface area contributed by atoms with Crippen molar-refractivity contribution < 1.29 is 28.1 Å². The first-order valence-corrected chi connectivity index (χ1v) is 15.4. The Morgan fingerprint density at radius 3 is 2.71 bits per heavy atom. The number of morpholine rings is 1. The molecule has 4 fully saturated rings. The molecular weight excluding hydrogens is 597 g/mol. The zero-order valence-corrected chi connectivity index (χ0v) is 25.4. The molecule has 3 saturated heterocycles. The molecule has 1 aliphatic carbocycles. The predicted octanol–water partition coefficient (Wildman–Crippen LogP) is 4.37. The van der Waals surface area contributed by atoms with Crippen LogP contribution in [0, 0.1) is 11.2 Å². The van der Waals surface area contributed by atoms with Gasteiger partial charge in [-0.2, -0.15) is 9.97 Å². The molecule has 12 heteroatoms. The molecule has 2 aromatic rings. The van der Waals surface area contributed by atoms with Crippen molar-refractivity contribution in [1.82, 2.24) is 19.8 Å². The van der Waals surface area contributed by atoms with Gasteiger partial charge in [0.1, 0.15) is 29.3 Å². The zero-order chi connectivity index (χ0) is 28.5. The van der Waals surface area contributed by atoms with Gasteiger partial charge in [0.15, 0.2) is 5.82 Å². The monoisotopic (exact) mass is 633 g/mol. The molecular formula is C29H37BrFN5O5. The second kappa shape index (κ2) is 10.1. The fourth-order valence-corrected chi connectivity index (χ4v) is 7.19. The van der Waals surface area contributed by atoms with E-state index in [0.717, 1.165) is 58.5 Å². The molecule has 5 aliphatic rings. The summed E-state index contributed by atoms with van der Waals surface area (Å²) in [7, 11) is 0. The number of carbonyl (C=O) groups excluding carboxylic acids is 1. The number of piperazine rings is 1. The van der Waals surface area contributed by atoms with Gasteiger partial charge in [-0.25, -0.2) is 9.18 Å². The number of amides is 1. The Bertz CT molecular complexity index is 1360. The van der Waals surface area contributed by atoms with Gasteiger partial charge in [-0.15, -0.1) is 0 Å². The molecule has 0 radical (unpaired) electrons. The Morgan fingerprint density at radius 1 is 1.20 bits per heavy atom. The van der Waals surface area contributed by atoms with Crippen LogP contribution in [0.15, 0.2) is 10.5 Å². The predicted molar refractivity (Wildman–Crippen MR) is 153 cm³/mol. The second-order valence-electron chi connectivity index (χ2n) is 13.1. The van der Waals surface area contributed by atoms with Gasteiger partial charge in [0, 0.05) is 31.6 Å². The SMILES string of the molecule is CC(C)(C)OC(=O)N1[C@@H]2CC[C@H]1[C@@H]1COc3cc(Br)c(F)c4nc(OCC5(CN6CCOCC6)CC5)nc(c34)N1C2. The fourth-order valence-electron chi connectivity index (χ4n) is 6.80. The number of ether oxygens (including phenoxy) is 4. The number of nitrogens with zero attached hydrogens (tertiary/aromatic N) is 5. The van der Waals surface area contributed by atoms with Crippen LogP contribution in [0.2, 0.25) is 0 Å². The van der Waals surface area contributed by atoms with Gasteiger partial charge < -0.3 is 23.8 Å². The van der Waals surface area contributed by atoms with Gasteiger partial charge in [0.2, 0.25) is 0 Å². The lowest BCUT2D eigenvalue weighted by Crippen LogP contribution is -2.63. The molecule has 1 amide bonds. The molecule has 7 rings (SSSR count). The first kappa shape index (κ1) is 27.4. The Kier molecular flexibility index (Phi) is 6.74. The minimum atomic E-state index is -0.584. The maximum atomic E-state index is 15.6. The number of fused-ring (bicyclic) bond motifs is 5. The smallest absolute Gasteiger partial charge is 0.410 e. The van der Waals surface area contributed by atoms with Crippen LogP contribution in [-0.2, 0) is 9.47 Å². The van der Waals surface area contributed by atoms with Crippen molar-refractivity contribution in [2.24, 2.45) is 5.41 Å². The standard InChI is InChI=1S/C29H37BrFN5O5/c1-28(2,3)41-27(37)36-17-4-5-19(36)20-14-39-21-12-18(30)23(31)24-22(21)25(35(20)13-17)33-26(32-24)40-16-29(6-7-29)15-34-8-10-38-11-9-34/h12,17,19-20H,4-11,13-16H2,1-3H3/t17-,19+,20+/m1/s1. The molecule has 2 bridgehead atoms. The van der Waals surface area contributed by atoms with Crippen LogP contribution in [0.3, 0.4) is 0 Å². The van der Waals surface area contributed by atoms with E-state index in [2.05, 4.69) is 30.7 Å². The van der Waals surface area contributed by atoms with Gasteiger partial charge in [-0.05, 0) is 68.5 Å². The topological polar surface area (TPSA) is 89.5 Å². The summed E-state index contributed by atoms with van der Waals surface area (Å²) in [6, 6.07) is 1.51. The van der Waals surface area contributed by atoms with E-state index in [1.165, 1.54) is 0 Å². The number of hydrogen-bond donors (Lipinski definition) is 0. The molecule has 10 nitrogen and oxygen atoms in total. The Hall–Kier alpha value is -2.44. The van der Waals surface area contributed by atoms with E-state index in [-0.39, 0.29) is 45.6 Å². The van der Waals surface area contributed by atoms with E-state index in [0.29, 0.717) is 36.7 Å². The molecule has 0 unspecified atom stereocenters. The third-order valence-electron chi connectivity index (χ3n) is 9.00. The highest BCUT2D eigenvalue weighted by Gasteiger charge is 2.52. The van der Waals surface area contributed by atoms with Gasteiger partial charge in [-0.1, -0.05) is 0 Å². The molecule has 222 valence electrons. The maximum Gasteiger partial charge on any atom is 0.410 e. The number of carbonyl (C=O) groups is 1. The number of aromatic nitrogens is 2. The van der Waals surface area contributed by atoms with E-state index in [9.17, 15) is 4.79 Å². The van der Waals surface area contributed by atoms with Gasteiger partial charge in [0.05, 0.1) is 47.8 Å². The first-order valence-electron chi connectivity index (χ1n) is 14.6. The van der Waals surface area contributed by atoms with E-state index in [1.807, 2.05) is 25.7 Å². The molecule has 41 heavy (non-hydrogen) atoms. The largest absolute Gasteiger partial charge is 0.490 e. The summed E-state index contributed by atoms with van der Waals surface area (Å²) in [5.74, 6) is 0.659. The average Bonchev–Trinajstić information content (AvgIpc) is 3.64. The summed E-state index contributed by atoms with van der Waals surface area (Å²) in [4.78, 5) is 29.2. The molecule has 5 heterocycles. The van der Waals surface area contributed by atoms with E-state index in [1.54, 1.807) is 6.07 Å². The molecule has 3 atom stereocenters. The zero-order valence-electron chi connectivity index (χ0n) is 23.8. The molecule has 1 aromatic heterocycles. The number of hydrogen-bond acceptors (Lipinski definition) is 9. The van der Waals surface area contributed by atoms with Crippen LogP contribution in [0.25, 0.3) is 10.9 Å². The van der Waals surface area contributed by atoms with Crippen LogP contribution in [0.4, 0.5) is 15.0 Å². The normalized spacial score (nSPS) is 26.8. The van der Waals surface area contributed by atoms with Crippen molar-refractivity contribution in [1.29, 1.82) is 0 Å². The lowest BCUT2D eigenvalue weighted by Gasteiger charge is -2.46. The first-order chi connectivity index (χ1) is 19.6. The van der Waals surface area contributed by atoms with Crippen molar-refractivity contribution in [2.45, 2.75) is 70.2 Å². The van der Waals surface area contributed by atoms with Crippen molar-refractivity contribution in [3.63, 3.8) is 0 Å². The van der Waals surface area contributed by atoms with Crippen LogP contribution >= 0.6 is 15.9 Å². The number of benzene rings is 1. The number of rotatable bonds is 5. The minimum absolute atomic E-state index is 0.0365. The summed E-state index contributed by atoms with van der Waals surface area (Å²) in [5.41, 5.74) is -0.344. The van der Waals surface area contributed by atoms with E-state index in [4.69, 9.17) is 23.9 Å². The van der Waals surface area contributed by atoms with Crippen molar-refractivity contribution in [2.75, 3.05) is 57.5 Å². The lowest BCUT2D eigenvalue weighted by atomic mass is 10.0. The highest BCUT2D eigenvalue weighted by Crippen LogP contribution is 2.48. The third kappa shape index (κ3) is 5.09. The molecule has 4 aliphatic heterocycles. The summed E-state index contributed by atoms with van der Waals surface area (Å²) >= 11 is 3.35. The fraction of sp³-hybridized carbons (Fsp3) is 0.690. The van der Waals surface area contributed by atoms with Crippen molar-refractivity contribution in [3.05, 3.63) is 16.4 Å². The summed E-state index contributed by atoms with van der Waals surface area (Å²) < 4.78 is 39.7. The second-order valence-corrected chi connectivity index (χ2v) is 14.0. The molecule has 1 saturated carbocycles. The quantitative estimate of drug-likeness (QED) is 0.476. The van der Waals surface area contributed by atoms with Crippen LogP contribution in [-0.4, -0.2) is 102 Å². The molecule has 1 aromatic carbocycles. The Labute approximate surface area is 247 Å². The summed E-state index contributed by atoms with van der Waals surface area (Å²) in [5, 5.41) is 0.542. The summed E-state index contributed by atoms with van der Waals surface area (Å²) in [6.45, 7) is 11.3. The average molecular weight is 635 g/mol. The van der Waals surface area contributed by atoms with Gasteiger partial charge >= 0.3 is 12.1 Å². The van der Waals surface area contributed by atoms with Crippen LogP contribution in [0.5, 0.6) is 11.8 Å². The number of anilines is 1. The van der Waals surface area contributed by atoms with E-state index < -0.39 is 11.4 Å². The molecule has 0 spiro atoms. The van der Waals surface area contributed by atoms with Crippen molar-refractivity contribution in [3.8, 4) is 11.8 Å². The Morgan fingerprint density at radius 2 is 1.98 bits per heavy atom. The van der Waals surface area contributed by atoms with Crippen LogP contribution < -0.4 is 14.4 Å². The highest BCUT2D eigenvalue weighted by atomic mass is 79.9. The maximum absolute atomic E-state index is 15.6. The summed E-state index contributed by atoms with van der Waals surface area (Å²) in [6.07, 6.45) is 3.57.